The molecule has 1 N–H and O–H groups in total. The Labute approximate surface area is 109 Å². The Balaban J connectivity index is 1.57. The molecule has 1 amide bonds. The van der Waals surface area contributed by atoms with Crippen LogP contribution in [0.25, 0.3) is 0 Å². The van der Waals surface area contributed by atoms with Crippen molar-refractivity contribution < 1.29 is 9.53 Å². The first-order chi connectivity index (χ1) is 8.84. The third-order valence-electron chi connectivity index (χ3n) is 3.48. The summed E-state index contributed by atoms with van der Waals surface area (Å²) in [4.78, 5) is 11.5. The van der Waals surface area contributed by atoms with Gasteiger partial charge in [0.25, 0.3) is 0 Å². The van der Waals surface area contributed by atoms with Gasteiger partial charge in [-0.2, -0.15) is 0 Å². The number of hydrogen-bond donors (Lipinski definition) is 1. The first-order valence-corrected chi connectivity index (χ1v) is 6.79. The first kappa shape index (κ1) is 12.9. The molecule has 1 aromatic carbocycles. The van der Waals surface area contributed by atoms with Crippen molar-refractivity contribution in [3.63, 3.8) is 0 Å². The summed E-state index contributed by atoms with van der Waals surface area (Å²) in [5, 5.41) is 2.85. The van der Waals surface area contributed by atoms with E-state index in [9.17, 15) is 4.79 Å². The molecule has 0 bridgehead atoms. The van der Waals surface area contributed by atoms with Crippen molar-refractivity contribution in [3.8, 4) is 0 Å². The minimum Gasteiger partial charge on any atom is -0.449 e. The lowest BCUT2D eigenvalue weighted by molar-refractivity contribution is 0.146. The van der Waals surface area contributed by atoms with Crippen LogP contribution in [-0.2, 0) is 11.2 Å². The van der Waals surface area contributed by atoms with Crippen LogP contribution in [0.3, 0.4) is 0 Å². The van der Waals surface area contributed by atoms with Crippen molar-refractivity contribution >= 4 is 6.09 Å². The van der Waals surface area contributed by atoms with Crippen molar-refractivity contribution in [1.82, 2.24) is 5.32 Å². The van der Waals surface area contributed by atoms with Crippen LogP contribution in [0.4, 0.5) is 4.79 Å². The molecule has 0 spiro atoms. The molecule has 1 aliphatic rings. The summed E-state index contributed by atoms with van der Waals surface area (Å²) >= 11 is 0. The fraction of sp³-hybridized carbons (Fsp3) is 0.533. The van der Waals surface area contributed by atoms with Gasteiger partial charge in [-0.1, -0.05) is 43.2 Å². The molecule has 1 saturated carbocycles. The van der Waals surface area contributed by atoms with E-state index in [0.717, 1.165) is 13.0 Å². The van der Waals surface area contributed by atoms with Crippen molar-refractivity contribution in [2.45, 2.75) is 32.1 Å². The molecule has 18 heavy (non-hydrogen) atoms. The number of rotatable bonds is 5. The Kier molecular flexibility index (Phi) is 5.06. The highest BCUT2D eigenvalue weighted by Crippen LogP contribution is 2.23. The molecule has 1 aromatic rings. The zero-order valence-electron chi connectivity index (χ0n) is 10.7. The predicted octanol–water partition coefficient (Wildman–Crippen LogP) is 3.15. The van der Waals surface area contributed by atoms with Crippen LogP contribution in [0.1, 0.15) is 31.2 Å². The van der Waals surface area contributed by atoms with Gasteiger partial charge in [0.1, 0.15) is 0 Å². The largest absolute Gasteiger partial charge is 0.449 e. The van der Waals surface area contributed by atoms with Gasteiger partial charge in [-0.05, 0) is 24.3 Å². The zero-order valence-corrected chi connectivity index (χ0v) is 10.7. The van der Waals surface area contributed by atoms with E-state index in [0.29, 0.717) is 12.5 Å². The second-order valence-corrected chi connectivity index (χ2v) is 4.90. The van der Waals surface area contributed by atoms with Gasteiger partial charge in [0.2, 0.25) is 0 Å². The van der Waals surface area contributed by atoms with Crippen molar-refractivity contribution in [3.05, 3.63) is 35.9 Å². The SMILES string of the molecule is O=C(NCC1CCCC1)OCCc1ccccc1. The topological polar surface area (TPSA) is 38.3 Å². The average molecular weight is 247 g/mol. The molecule has 0 aliphatic heterocycles. The minimum atomic E-state index is -0.280. The molecule has 0 saturated heterocycles. The first-order valence-electron chi connectivity index (χ1n) is 6.79. The number of ether oxygens (including phenoxy) is 1. The summed E-state index contributed by atoms with van der Waals surface area (Å²) in [7, 11) is 0. The highest BCUT2D eigenvalue weighted by Gasteiger charge is 2.15. The van der Waals surface area contributed by atoms with Crippen molar-refractivity contribution in [1.29, 1.82) is 0 Å². The van der Waals surface area contributed by atoms with Crippen LogP contribution in [-0.4, -0.2) is 19.2 Å². The van der Waals surface area contributed by atoms with Gasteiger partial charge in [-0.3, -0.25) is 0 Å². The second-order valence-electron chi connectivity index (χ2n) is 4.90. The molecular formula is C15H21NO2. The number of benzene rings is 1. The van der Waals surface area contributed by atoms with Crippen LogP contribution >= 0.6 is 0 Å². The molecule has 0 heterocycles. The van der Waals surface area contributed by atoms with Gasteiger partial charge in [0.15, 0.2) is 0 Å². The molecule has 0 radical (unpaired) electrons. The molecule has 0 unspecified atom stereocenters. The predicted molar refractivity (Wildman–Crippen MR) is 71.5 cm³/mol. The molecule has 1 aliphatic carbocycles. The minimum absolute atomic E-state index is 0.280. The summed E-state index contributed by atoms with van der Waals surface area (Å²) in [6, 6.07) is 10.1. The fourth-order valence-corrected chi connectivity index (χ4v) is 2.40. The standard InChI is InChI=1S/C15H21NO2/c17-15(16-12-14-8-4-5-9-14)18-11-10-13-6-2-1-3-7-13/h1-3,6-7,14H,4-5,8-12H2,(H,16,17). The average Bonchev–Trinajstić information content (AvgIpc) is 2.91. The third kappa shape index (κ3) is 4.40. The Bertz CT molecular complexity index is 358. The number of carbonyl (C=O) groups excluding carboxylic acids is 1. The van der Waals surface area contributed by atoms with Crippen LogP contribution in [0.15, 0.2) is 30.3 Å². The molecule has 2 rings (SSSR count). The Morgan fingerprint density at radius 3 is 2.67 bits per heavy atom. The van der Waals surface area contributed by atoms with Gasteiger partial charge >= 0.3 is 6.09 Å². The molecule has 3 heteroatoms. The highest BCUT2D eigenvalue weighted by atomic mass is 16.5. The van der Waals surface area contributed by atoms with Crippen LogP contribution in [0, 0.1) is 5.92 Å². The molecule has 98 valence electrons. The number of hydrogen-bond acceptors (Lipinski definition) is 2. The Morgan fingerprint density at radius 1 is 1.22 bits per heavy atom. The Hall–Kier alpha value is -1.51. The monoisotopic (exact) mass is 247 g/mol. The number of alkyl carbamates (subject to hydrolysis) is 1. The van der Waals surface area contributed by atoms with Gasteiger partial charge in [0.05, 0.1) is 6.61 Å². The molecule has 1 fully saturated rings. The summed E-state index contributed by atoms with van der Waals surface area (Å²) < 4.78 is 5.16. The van der Waals surface area contributed by atoms with E-state index in [1.54, 1.807) is 0 Å². The zero-order chi connectivity index (χ0) is 12.6. The summed E-state index contributed by atoms with van der Waals surface area (Å²) in [6.07, 6.45) is 5.58. The van der Waals surface area contributed by atoms with E-state index in [4.69, 9.17) is 4.74 Å². The summed E-state index contributed by atoms with van der Waals surface area (Å²) in [5.41, 5.74) is 1.20. The van der Waals surface area contributed by atoms with Crippen molar-refractivity contribution in [2.24, 2.45) is 5.92 Å². The van der Waals surface area contributed by atoms with Gasteiger partial charge in [-0.15, -0.1) is 0 Å². The second kappa shape index (κ2) is 7.04. The lowest BCUT2D eigenvalue weighted by Crippen LogP contribution is -2.29. The van der Waals surface area contributed by atoms with E-state index in [-0.39, 0.29) is 6.09 Å². The van der Waals surface area contributed by atoms with Crippen LogP contribution in [0.2, 0.25) is 0 Å². The van der Waals surface area contributed by atoms with Crippen LogP contribution in [0.5, 0.6) is 0 Å². The smallest absolute Gasteiger partial charge is 0.407 e. The molecule has 3 nitrogen and oxygen atoms in total. The van der Waals surface area contributed by atoms with E-state index in [1.807, 2.05) is 30.3 Å². The molecule has 0 atom stereocenters. The summed E-state index contributed by atoms with van der Waals surface area (Å²) in [5.74, 6) is 0.659. The fourth-order valence-electron chi connectivity index (χ4n) is 2.40. The normalized spacial score (nSPS) is 15.6. The maximum atomic E-state index is 11.5. The van der Waals surface area contributed by atoms with Crippen LogP contribution < -0.4 is 5.32 Å². The van der Waals surface area contributed by atoms with Gasteiger partial charge < -0.3 is 10.1 Å². The quantitative estimate of drug-likeness (QED) is 0.868. The molecule has 0 aromatic heterocycles. The summed E-state index contributed by atoms with van der Waals surface area (Å²) in [6.45, 7) is 1.21. The van der Waals surface area contributed by atoms with Crippen molar-refractivity contribution in [2.75, 3.05) is 13.2 Å². The molecular weight excluding hydrogens is 226 g/mol. The third-order valence-corrected chi connectivity index (χ3v) is 3.48. The van der Waals surface area contributed by atoms with Gasteiger partial charge in [0, 0.05) is 13.0 Å². The Morgan fingerprint density at radius 2 is 1.94 bits per heavy atom. The van der Waals surface area contributed by atoms with E-state index < -0.39 is 0 Å². The van der Waals surface area contributed by atoms with E-state index in [1.165, 1.54) is 31.2 Å². The van der Waals surface area contributed by atoms with E-state index in [2.05, 4.69) is 5.32 Å². The van der Waals surface area contributed by atoms with Gasteiger partial charge in [-0.25, -0.2) is 4.79 Å². The lowest BCUT2D eigenvalue weighted by Gasteiger charge is -2.11. The van der Waals surface area contributed by atoms with E-state index >= 15 is 0 Å². The number of carbonyl (C=O) groups is 1. The highest BCUT2D eigenvalue weighted by molar-refractivity contribution is 5.67. The number of amides is 1. The lowest BCUT2D eigenvalue weighted by atomic mass is 10.1. The maximum Gasteiger partial charge on any atom is 0.407 e. The number of nitrogens with one attached hydrogen (secondary N) is 1. The maximum absolute atomic E-state index is 11.5.